The zero-order chi connectivity index (χ0) is 23.8. The number of furan rings is 1. The SMILES string of the molecule is Cc1ccc(O)c(C(C)(C)C)c1.Cc1ccc(O)c(C(C)(C)C)c1.Cl.Cl.[Ti]=[CH]c1ccco1. The summed E-state index contributed by atoms with van der Waals surface area (Å²) in [7, 11) is 0. The number of halogens is 2. The maximum absolute atomic E-state index is 9.57. The van der Waals surface area contributed by atoms with E-state index in [4.69, 9.17) is 4.42 Å². The molecule has 33 heavy (non-hydrogen) atoms. The van der Waals surface area contributed by atoms with Crippen LogP contribution in [0.1, 0.15) is 69.6 Å². The molecule has 0 radical (unpaired) electrons. The predicted octanol–water partition coefficient (Wildman–Crippen LogP) is 7.82. The van der Waals surface area contributed by atoms with Gasteiger partial charge in [0.1, 0.15) is 11.5 Å². The Hall–Kier alpha value is -1.52. The fourth-order valence-corrected chi connectivity index (χ4v) is 3.13. The number of aromatic hydroxyl groups is 2. The first-order chi connectivity index (χ1) is 14.3. The van der Waals surface area contributed by atoms with Gasteiger partial charge in [-0.3, -0.25) is 0 Å². The van der Waals surface area contributed by atoms with E-state index < -0.39 is 0 Å². The van der Waals surface area contributed by atoms with Crippen LogP contribution in [-0.4, -0.2) is 14.5 Å². The van der Waals surface area contributed by atoms with Gasteiger partial charge in [-0.1, -0.05) is 76.9 Å². The number of rotatable bonds is 1. The number of phenolic OH excluding ortho intramolecular Hbond substituents is 2. The van der Waals surface area contributed by atoms with Gasteiger partial charge in [-0.15, -0.1) is 24.8 Å². The Morgan fingerprint density at radius 2 is 1.12 bits per heavy atom. The van der Waals surface area contributed by atoms with Gasteiger partial charge in [0, 0.05) is 0 Å². The zero-order valence-electron chi connectivity index (χ0n) is 20.9. The maximum atomic E-state index is 9.57. The van der Waals surface area contributed by atoms with Crippen LogP contribution in [0.25, 0.3) is 0 Å². The molecule has 0 saturated heterocycles. The molecule has 0 aliphatic carbocycles. The first-order valence-corrected chi connectivity index (χ1v) is 11.3. The molecule has 3 nitrogen and oxygen atoms in total. The summed E-state index contributed by atoms with van der Waals surface area (Å²) >= 11 is 1.94. The first-order valence-electron chi connectivity index (χ1n) is 10.4. The second-order valence-corrected chi connectivity index (χ2v) is 10.2. The molecule has 0 aliphatic rings. The van der Waals surface area contributed by atoms with Crippen LogP contribution in [0, 0.1) is 13.8 Å². The van der Waals surface area contributed by atoms with Gasteiger partial charge in [-0.2, -0.15) is 0 Å². The summed E-state index contributed by atoms with van der Waals surface area (Å²) in [6, 6.07) is 15.2. The fourth-order valence-electron chi connectivity index (χ4n) is 2.87. The third-order valence-corrected chi connectivity index (χ3v) is 5.05. The van der Waals surface area contributed by atoms with Crippen LogP contribution < -0.4 is 0 Å². The molecule has 182 valence electrons. The van der Waals surface area contributed by atoms with Crippen molar-refractivity contribution in [3.8, 4) is 11.5 Å². The molecule has 0 spiro atoms. The summed E-state index contributed by atoms with van der Waals surface area (Å²) in [5.41, 5.74) is 4.46. The molecule has 0 bridgehead atoms. The number of benzene rings is 2. The minimum atomic E-state index is 0. The van der Waals surface area contributed by atoms with E-state index in [0.717, 1.165) is 16.9 Å². The number of aryl methyl sites for hydroxylation is 2. The standard InChI is InChI=1S/2C11H16O.C5H4O.2ClH.Ti/c2*1-8-5-6-10(12)9(7-8)11(2,3)4;1-5-3-2-4-6-5;;;/h2*5-7,12H,1-4H3;1-4H;2*1H;. The van der Waals surface area contributed by atoms with E-state index in [0.29, 0.717) is 11.5 Å². The Morgan fingerprint density at radius 1 is 0.727 bits per heavy atom. The van der Waals surface area contributed by atoms with Gasteiger partial charge in [-0.25, -0.2) is 0 Å². The van der Waals surface area contributed by atoms with Crippen LogP contribution in [0.5, 0.6) is 11.5 Å². The molecular weight excluding hydrogens is 491 g/mol. The average Bonchev–Trinajstić information content (AvgIpc) is 3.19. The van der Waals surface area contributed by atoms with Gasteiger partial charge < -0.3 is 10.2 Å². The Balaban J connectivity index is 0. The van der Waals surface area contributed by atoms with Crippen molar-refractivity contribution in [1.29, 1.82) is 0 Å². The fraction of sp³-hybridized carbons (Fsp3) is 0.370. The van der Waals surface area contributed by atoms with Crippen molar-refractivity contribution in [3.05, 3.63) is 82.8 Å². The summed E-state index contributed by atoms with van der Waals surface area (Å²) in [6.07, 6.45) is 1.66. The summed E-state index contributed by atoms with van der Waals surface area (Å²) in [5, 5.41) is 19.1. The van der Waals surface area contributed by atoms with E-state index in [1.165, 1.54) is 11.1 Å². The van der Waals surface area contributed by atoms with Crippen molar-refractivity contribution < 1.29 is 34.6 Å². The topological polar surface area (TPSA) is 53.6 Å². The molecule has 0 unspecified atom stereocenters. The van der Waals surface area contributed by atoms with Crippen molar-refractivity contribution in [3.63, 3.8) is 0 Å². The average molecular weight is 529 g/mol. The molecule has 2 aromatic carbocycles. The summed E-state index contributed by atoms with van der Waals surface area (Å²) in [6.45, 7) is 16.7. The molecule has 0 amide bonds. The van der Waals surface area contributed by atoms with Crippen LogP contribution in [0.2, 0.25) is 0 Å². The minimum absolute atomic E-state index is 0. The van der Waals surface area contributed by atoms with Crippen molar-refractivity contribution in [2.24, 2.45) is 0 Å². The van der Waals surface area contributed by atoms with E-state index in [9.17, 15) is 10.2 Å². The Labute approximate surface area is 223 Å². The third-order valence-electron chi connectivity index (χ3n) is 4.61. The number of phenols is 2. The second-order valence-electron chi connectivity index (χ2n) is 9.70. The van der Waals surface area contributed by atoms with Crippen LogP contribution in [0.4, 0.5) is 0 Å². The molecule has 3 aromatic rings. The second kappa shape index (κ2) is 14.7. The van der Waals surface area contributed by atoms with Crippen LogP contribution in [0.3, 0.4) is 0 Å². The first kappa shape index (κ1) is 33.7. The van der Waals surface area contributed by atoms with Gasteiger partial charge in [0.05, 0.1) is 0 Å². The molecule has 0 aliphatic heterocycles. The number of hydrogen-bond acceptors (Lipinski definition) is 3. The van der Waals surface area contributed by atoms with Crippen molar-refractivity contribution >= 4 is 29.1 Å². The van der Waals surface area contributed by atoms with Crippen molar-refractivity contribution in [2.45, 2.75) is 66.2 Å². The van der Waals surface area contributed by atoms with Gasteiger partial charge in [0.15, 0.2) is 0 Å². The van der Waals surface area contributed by atoms with Gasteiger partial charge >= 0.3 is 52.9 Å². The Morgan fingerprint density at radius 3 is 1.33 bits per heavy atom. The van der Waals surface area contributed by atoms with Gasteiger partial charge in [0.25, 0.3) is 0 Å². The molecule has 2 N–H and O–H groups in total. The Bertz CT molecular complexity index is 909. The quantitative estimate of drug-likeness (QED) is 0.316. The molecular formula is C27H38Cl2O3Ti. The van der Waals surface area contributed by atoms with Gasteiger partial charge in [-0.05, 0) is 47.9 Å². The summed E-state index contributed by atoms with van der Waals surface area (Å²) in [5.74, 6) is 1.72. The number of hydrogen-bond donors (Lipinski definition) is 2. The van der Waals surface area contributed by atoms with E-state index in [1.807, 2.05) is 74.5 Å². The molecule has 0 saturated carbocycles. The summed E-state index contributed by atoms with van der Waals surface area (Å²) < 4.78 is 6.84. The van der Waals surface area contributed by atoms with Crippen LogP contribution >= 0.6 is 24.8 Å². The van der Waals surface area contributed by atoms with Gasteiger partial charge in [0.2, 0.25) is 0 Å². The van der Waals surface area contributed by atoms with E-state index in [2.05, 4.69) is 41.5 Å². The van der Waals surface area contributed by atoms with E-state index in [-0.39, 0.29) is 35.6 Å². The van der Waals surface area contributed by atoms with Crippen LogP contribution in [0.15, 0.2) is 59.2 Å². The normalized spacial score (nSPS) is 10.3. The van der Waals surface area contributed by atoms with Crippen molar-refractivity contribution in [1.82, 2.24) is 0 Å². The molecule has 3 rings (SSSR count). The predicted molar refractivity (Wildman–Crippen MR) is 141 cm³/mol. The zero-order valence-corrected chi connectivity index (χ0v) is 24.1. The van der Waals surface area contributed by atoms with Crippen LogP contribution in [-0.2, 0) is 30.8 Å². The van der Waals surface area contributed by atoms with Crippen molar-refractivity contribution in [2.75, 3.05) is 0 Å². The Kier molecular flexibility index (Phi) is 15.0. The molecule has 0 fully saturated rings. The molecule has 0 atom stereocenters. The molecule has 1 aromatic heterocycles. The van der Waals surface area contributed by atoms with E-state index in [1.54, 1.807) is 18.4 Å². The third kappa shape index (κ3) is 12.0. The monoisotopic (exact) mass is 528 g/mol. The molecule has 6 heteroatoms. The molecule has 1 heterocycles. The van der Waals surface area contributed by atoms with E-state index >= 15 is 0 Å². The summed E-state index contributed by atoms with van der Waals surface area (Å²) in [4.78, 5) is 0.